The molecule has 0 saturated carbocycles. The largest absolute Gasteiger partial charge is 0.494 e. The van der Waals surface area contributed by atoms with Crippen molar-refractivity contribution in [2.75, 3.05) is 6.61 Å². The van der Waals surface area contributed by atoms with Crippen LogP contribution >= 0.6 is 0 Å². The van der Waals surface area contributed by atoms with E-state index in [1.54, 1.807) is 24.4 Å². The standard InChI is InChI=1S/C23H22N2O3/c1-2-28-20-13-11-18(12-14-20)16-21(25-15-7-6-10-22(25)26)23(27)24-17-19-8-4-3-5-9-19/h3-16H,2,17H2,1H3,(H,24,27)/b21-16+. The lowest BCUT2D eigenvalue weighted by Crippen LogP contribution is -2.30. The van der Waals surface area contributed by atoms with Gasteiger partial charge in [-0.2, -0.15) is 0 Å². The fourth-order valence-electron chi connectivity index (χ4n) is 2.72. The van der Waals surface area contributed by atoms with Crippen LogP contribution in [-0.4, -0.2) is 17.1 Å². The van der Waals surface area contributed by atoms with Gasteiger partial charge in [-0.1, -0.05) is 48.5 Å². The number of hydrogen-bond acceptors (Lipinski definition) is 3. The van der Waals surface area contributed by atoms with E-state index >= 15 is 0 Å². The Morgan fingerprint density at radius 3 is 2.39 bits per heavy atom. The third kappa shape index (κ3) is 4.98. The van der Waals surface area contributed by atoms with Crippen LogP contribution in [0.15, 0.2) is 83.8 Å². The molecule has 142 valence electrons. The highest BCUT2D eigenvalue weighted by molar-refractivity contribution is 6.18. The van der Waals surface area contributed by atoms with Crippen LogP contribution in [-0.2, 0) is 11.3 Å². The third-order valence-corrected chi connectivity index (χ3v) is 4.11. The number of benzene rings is 2. The maximum atomic E-state index is 12.9. The molecule has 0 aliphatic carbocycles. The van der Waals surface area contributed by atoms with Crippen LogP contribution in [0.1, 0.15) is 18.1 Å². The second-order valence-corrected chi connectivity index (χ2v) is 6.11. The van der Waals surface area contributed by atoms with Crippen molar-refractivity contribution < 1.29 is 9.53 Å². The second kappa shape index (κ2) is 9.37. The van der Waals surface area contributed by atoms with E-state index in [1.165, 1.54) is 10.6 Å². The van der Waals surface area contributed by atoms with E-state index < -0.39 is 0 Å². The van der Waals surface area contributed by atoms with E-state index in [-0.39, 0.29) is 17.2 Å². The molecule has 2 aromatic carbocycles. The van der Waals surface area contributed by atoms with E-state index in [9.17, 15) is 9.59 Å². The number of amides is 1. The SMILES string of the molecule is CCOc1ccc(/C=C(\C(=O)NCc2ccccc2)n2ccccc2=O)cc1. The molecular formula is C23H22N2O3. The van der Waals surface area contributed by atoms with Gasteiger partial charge >= 0.3 is 0 Å². The Bertz CT molecular complexity index is 1010. The monoisotopic (exact) mass is 374 g/mol. The van der Waals surface area contributed by atoms with Gasteiger partial charge in [0.25, 0.3) is 11.5 Å². The van der Waals surface area contributed by atoms with Gasteiger partial charge in [-0.25, -0.2) is 0 Å². The summed E-state index contributed by atoms with van der Waals surface area (Å²) in [4.78, 5) is 25.2. The molecule has 0 radical (unpaired) electrons. The number of rotatable bonds is 7. The molecule has 0 fully saturated rings. The number of pyridine rings is 1. The summed E-state index contributed by atoms with van der Waals surface area (Å²) in [6.45, 7) is 2.88. The average molecular weight is 374 g/mol. The van der Waals surface area contributed by atoms with Crippen molar-refractivity contribution in [1.82, 2.24) is 9.88 Å². The maximum absolute atomic E-state index is 12.9. The minimum Gasteiger partial charge on any atom is -0.494 e. The number of carbonyl (C=O) groups excluding carboxylic acids is 1. The zero-order valence-electron chi connectivity index (χ0n) is 15.7. The number of ether oxygens (including phenoxy) is 1. The molecule has 0 atom stereocenters. The Labute approximate surface area is 163 Å². The summed E-state index contributed by atoms with van der Waals surface area (Å²) in [6, 6.07) is 21.8. The predicted molar refractivity (Wildman–Crippen MR) is 111 cm³/mol. The van der Waals surface area contributed by atoms with E-state index in [2.05, 4.69) is 5.32 Å². The summed E-state index contributed by atoms with van der Waals surface area (Å²) in [6.07, 6.45) is 3.28. The average Bonchev–Trinajstić information content (AvgIpc) is 2.73. The van der Waals surface area contributed by atoms with Crippen LogP contribution in [0.25, 0.3) is 11.8 Å². The van der Waals surface area contributed by atoms with Gasteiger partial charge in [-0.3, -0.25) is 14.2 Å². The molecule has 5 nitrogen and oxygen atoms in total. The first-order valence-electron chi connectivity index (χ1n) is 9.12. The lowest BCUT2D eigenvalue weighted by molar-refractivity contribution is -0.116. The van der Waals surface area contributed by atoms with Gasteiger partial charge in [0.2, 0.25) is 0 Å². The van der Waals surface area contributed by atoms with Crippen LogP contribution in [0.3, 0.4) is 0 Å². The second-order valence-electron chi connectivity index (χ2n) is 6.11. The van der Waals surface area contributed by atoms with E-state index in [1.807, 2.05) is 61.5 Å². The van der Waals surface area contributed by atoms with Gasteiger partial charge in [-0.15, -0.1) is 0 Å². The highest BCUT2D eigenvalue weighted by Gasteiger charge is 2.13. The lowest BCUT2D eigenvalue weighted by Gasteiger charge is -2.12. The van der Waals surface area contributed by atoms with Gasteiger partial charge in [0.05, 0.1) is 6.61 Å². The Morgan fingerprint density at radius 1 is 1.00 bits per heavy atom. The number of aromatic nitrogens is 1. The van der Waals surface area contributed by atoms with Crippen molar-refractivity contribution in [3.63, 3.8) is 0 Å². The maximum Gasteiger partial charge on any atom is 0.268 e. The number of nitrogens with zero attached hydrogens (tertiary/aromatic N) is 1. The van der Waals surface area contributed by atoms with Gasteiger partial charge < -0.3 is 10.1 Å². The minimum absolute atomic E-state index is 0.255. The molecule has 0 unspecified atom stereocenters. The van der Waals surface area contributed by atoms with Gasteiger partial charge in [-0.05, 0) is 42.3 Å². The first kappa shape index (κ1) is 19.2. The molecule has 0 spiro atoms. The molecular weight excluding hydrogens is 352 g/mol. The summed E-state index contributed by atoms with van der Waals surface area (Å²) in [5.74, 6) is 0.428. The van der Waals surface area contributed by atoms with Crippen molar-refractivity contribution in [1.29, 1.82) is 0 Å². The molecule has 5 heteroatoms. The summed E-state index contributed by atoms with van der Waals surface area (Å²) < 4.78 is 6.79. The molecule has 1 amide bonds. The summed E-state index contributed by atoms with van der Waals surface area (Å²) >= 11 is 0. The van der Waals surface area contributed by atoms with Crippen molar-refractivity contribution in [3.8, 4) is 5.75 Å². The van der Waals surface area contributed by atoms with Crippen LogP contribution in [0.5, 0.6) is 5.75 Å². The molecule has 0 bridgehead atoms. The van der Waals surface area contributed by atoms with E-state index in [4.69, 9.17) is 4.74 Å². The Balaban J connectivity index is 1.89. The molecule has 1 aromatic heterocycles. The van der Waals surface area contributed by atoms with Crippen molar-refractivity contribution in [2.45, 2.75) is 13.5 Å². The van der Waals surface area contributed by atoms with Crippen LogP contribution in [0.2, 0.25) is 0 Å². The lowest BCUT2D eigenvalue weighted by atomic mass is 10.1. The first-order valence-corrected chi connectivity index (χ1v) is 9.12. The highest BCUT2D eigenvalue weighted by Crippen LogP contribution is 2.16. The first-order chi connectivity index (χ1) is 13.7. The normalized spacial score (nSPS) is 11.1. The Morgan fingerprint density at radius 2 is 1.71 bits per heavy atom. The minimum atomic E-state index is -0.328. The number of carbonyl (C=O) groups is 1. The van der Waals surface area contributed by atoms with Crippen LogP contribution in [0.4, 0.5) is 0 Å². The predicted octanol–water partition coefficient (Wildman–Crippen LogP) is 3.56. The number of nitrogens with one attached hydrogen (secondary N) is 1. The zero-order chi connectivity index (χ0) is 19.8. The van der Waals surface area contributed by atoms with Crippen molar-refractivity contribution >= 4 is 17.7 Å². The van der Waals surface area contributed by atoms with Crippen molar-refractivity contribution in [2.24, 2.45) is 0 Å². The quantitative estimate of drug-likeness (QED) is 0.643. The Kier molecular flexibility index (Phi) is 6.41. The third-order valence-electron chi connectivity index (χ3n) is 4.11. The molecule has 0 saturated heterocycles. The topological polar surface area (TPSA) is 60.3 Å². The highest BCUT2D eigenvalue weighted by atomic mass is 16.5. The molecule has 28 heavy (non-hydrogen) atoms. The molecule has 3 rings (SSSR count). The molecule has 0 aliphatic rings. The van der Waals surface area contributed by atoms with Crippen LogP contribution in [0, 0.1) is 0 Å². The molecule has 0 aliphatic heterocycles. The van der Waals surface area contributed by atoms with Gasteiger partial charge in [0, 0.05) is 18.8 Å². The summed E-state index contributed by atoms with van der Waals surface area (Å²) in [5, 5.41) is 2.89. The van der Waals surface area contributed by atoms with E-state index in [0.717, 1.165) is 16.9 Å². The van der Waals surface area contributed by atoms with Gasteiger partial charge in [0.1, 0.15) is 11.4 Å². The van der Waals surface area contributed by atoms with Crippen LogP contribution < -0.4 is 15.6 Å². The van der Waals surface area contributed by atoms with Gasteiger partial charge in [0.15, 0.2) is 0 Å². The fraction of sp³-hybridized carbons (Fsp3) is 0.130. The molecule has 1 N–H and O–H groups in total. The zero-order valence-corrected chi connectivity index (χ0v) is 15.7. The Hall–Kier alpha value is -3.60. The summed E-state index contributed by atoms with van der Waals surface area (Å²) in [5.41, 5.74) is 1.76. The molecule has 1 heterocycles. The molecule has 3 aromatic rings. The fourth-order valence-corrected chi connectivity index (χ4v) is 2.72. The number of hydrogen-bond donors (Lipinski definition) is 1. The summed E-state index contributed by atoms with van der Waals surface area (Å²) in [7, 11) is 0. The van der Waals surface area contributed by atoms with E-state index in [0.29, 0.717) is 13.2 Å². The van der Waals surface area contributed by atoms with Crippen molar-refractivity contribution in [3.05, 3.63) is 100 Å². The smallest absolute Gasteiger partial charge is 0.268 e.